The predicted octanol–water partition coefficient (Wildman–Crippen LogP) is 3.40. The second kappa shape index (κ2) is 4.16. The van der Waals surface area contributed by atoms with Gasteiger partial charge in [0.1, 0.15) is 0 Å². The van der Waals surface area contributed by atoms with Crippen LogP contribution in [-0.2, 0) is 12.5 Å². The van der Waals surface area contributed by atoms with Crippen LogP contribution < -0.4 is 0 Å². The van der Waals surface area contributed by atoms with Crippen LogP contribution in [0.5, 0.6) is 5.88 Å². The van der Waals surface area contributed by atoms with Gasteiger partial charge in [0.25, 0.3) is 0 Å². The summed E-state index contributed by atoms with van der Waals surface area (Å²) in [5.74, 6) is 0.227. The number of benzene rings is 1. The summed E-state index contributed by atoms with van der Waals surface area (Å²) in [6.07, 6.45) is 0. The van der Waals surface area contributed by atoms with E-state index in [-0.39, 0.29) is 11.3 Å². The van der Waals surface area contributed by atoms with Crippen molar-refractivity contribution in [2.24, 2.45) is 7.05 Å². The fraction of sp³-hybridized carbons (Fsp3) is 0.400. The maximum Gasteiger partial charge on any atom is 0.212 e. The Hall–Kier alpha value is -1.77. The summed E-state index contributed by atoms with van der Waals surface area (Å²) >= 11 is 0. The molecule has 0 bridgehead atoms. The van der Waals surface area contributed by atoms with Gasteiger partial charge in [-0.05, 0) is 17.9 Å². The number of nitrogens with zero attached hydrogens (tertiary/aromatic N) is 2. The van der Waals surface area contributed by atoms with Gasteiger partial charge in [0.2, 0.25) is 5.88 Å². The molecule has 18 heavy (non-hydrogen) atoms. The first-order valence-electron chi connectivity index (χ1n) is 6.14. The molecule has 0 radical (unpaired) electrons. The number of hydrogen-bond acceptors (Lipinski definition) is 2. The third-order valence-electron chi connectivity index (χ3n) is 3.27. The van der Waals surface area contributed by atoms with Crippen LogP contribution in [0.2, 0.25) is 0 Å². The van der Waals surface area contributed by atoms with Crippen molar-refractivity contribution >= 4 is 0 Å². The zero-order valence-corrected chi connectivity index (χ0v) is 11.7. The highest BCUT2D eigenvalue weighted by Gasteiger charge is 2.16. The third kappa shape index (κ3) is 2.13. The summed E-state index contributed by atoms with van der Waals surface area (Å²) < 4.78 is 1.50. The van der Waals surface area contributed by atoms with Crippen LogP contribution in [0.25, 0.3) is 11.3 Å². The van der Waals surface area contributed by atoms with E-state index in [2.05, 4.69) is 50.1 Å². The fourth-order valence-electron chi connectivity index (χ4n) is 2.02. The van der Waals surface area contributed by atoms with E-state index in [1.807, 2.05) is 6.92 Å². The first-order valence-corrected chi connectivity index (χ1v) is 6.14. The van der Waals surface area contributed by atoms with Crippen molar-refractivity contribution < 1.29 is 5.11 Å². The average Bonchev–Trinajstić information content (AvgIpc) is 2.56. The van der Waals surface area contributed by atoms with Crippen molar-refractivity contribution in [1.29, 1.82) is 0 Å². The van der Waals surface area contributed by atoms with Gasteiger partial charge < -0.3 is 5.11 Å². The van der Waals surface area contributed by atoms with E-state index in [1.165, 1.54) is 10.2 Å². The Morgan fingerprint density at radius 1 is 1.11 bits per heavy atom. The zero-order chi connectivity index (χ0) is 13.5. The summed E-state index contributed by atoms with van der Waals surface area (Å²) in [6, 6.07) is 8.38. The zero-order valence-electron chi connectivity index (χ0n) is 11.7. The van der Waals surface area contributed by atoms with Gasteiger partial charge in [0.15, 0.2) is 0 Å². The van der Waals surface area contributed by atoms with Crippen molar-refractivity contribution in [3.63, 3.8) is 0 Å². The molecular weight excluding hydrogens is 224 g/mol. The minimum atomic E-state index is 0.153. The molecule has 0 atom stereocenters. The number of rotatable bonds is 1. The highest BCUT2D eigenvalue weighted by molar-refractivity contribution is 5.65. The van der Waals surface area contributed by atoms with Gasteiger partial charge in [-0.2, -0.15) is 5.10 Å². The molecule has 3 heteroatoms. The Bertz CT molecular complexity index is 559. The summed E-state index contributed by atoms with van der Waals surface area (Å²) in [5.41, 5.74) is 4.15. The van der Waals surface area contributed by atoms with Gasteiger partial charge in [0, 0.05) is 18.2 Å². The van der Waals surface area contributed by atoms with Crippen molar-refractivity contribution in [3.05, 3.63) is 35.4 Å². The maximum absolute atomic E-state index is 9.77. The average molecular weight is 244 g/mol. The largest absolute Gasteiger partial charge is 0.493 e. The van der Waals surface area contributed by atoms with Gasteiger partial charge in [0.05, 0.1) is 5.69 Å². The SMILES string of the molecule is Cc1c(-c2ccc(C(C)(C)C)cc2)nn(C)c1O. The third-order valence-corrected chi connectivity index (χ3v) is 3.27. The smallest absolute Gasteiger partial charge is 0.212 e. The molecule has 2 rings (SSSR count). The number of aromatic hydroxyl groups is 1. The monoisotopic (exact) mass is 244 g/mol. The summed E-state index contributed by atoms with van der Waals surface area (Å²) in [6.45, 7) is 8.47. The highest BCUT2D eigenvalue weighted by Crippen LogP contribution is 2.30. The first-order chi connectivity index (χ1) is 8.30. The molecule has 0 saturated heterocycles. The van der Waals surface area contributed by atoms with Gasteiger partial charge in [-0.25, -0.2) is 4.68 Å². The molecule has 0 amide bonds. The predicted molar refractivity (Wildman–Crippen MR) is 73.7 cm³/mol. The van der Waals surface area contributed by atoms with E-state index < -0.39 is 0 Å². The molecule has 0 saturated carbocycles. The van der Waals surface area contributed by atoms with Crippen LogP contribution in [-0.4, -0.2) is 14.9 Å². The molecule has 0 aliphatic carbocycles. The lowest BCUT2D eigenvalue weighted by atomic mass is 9.86. The van der Waals surface area contributed by atoms with Crippen LogP contribution in [0.1, 0.15) is 31.9 Å². The highest BCUT2D eigenvalue weighted by atomic mass is 16.3. The Labute approximate surface area is 108 Å². The number of hydrogen-bond donors (Lipinski definition) is 1. The summed E-state index contributed by atoms with van der Waals surface area (Å²) in [4.78, 5) is 0. The second-order valence-electron chi connectivity index (χ2n) is 5.75. The van der Waals surface area contributed by atoms with Crippen molar-refractivity contribution in [3.8, 4) is 17.1 Å². The molecule has 1 N–H and O–H groups in total. The lowest BCUT2D eigenvalue weighted by Gasteiger charge is -2.18. The van der Waals surface area contributed by atoms with Crippen molar-refractivity contribution in [2.45, 2.75) is 33.1 Å². The Kier molecular flexibility index (Phi) is 2.93. The number of aromatic nitrogens is 2. The molecule has 1 aromatic heterocycles. The maximum atomic E-state index is 9.77. The Balaban J connectivity index is 2.44. The molecule has 0 unspecified atom stereocenters. The van der Waals surface area contributed by atoms with Crippen molar-refractivity contribution in [1.82, 2.24) is 9.78 Å². The van der Waals surface area contributed by atoms with Gasteiger partial charge in [-0.3, -0.25) is 0 Å². The van der Waals surface area contributed by atoms with Gasteiger partial charge in [-0.15, -0.1) is 0 Å². The molecule has 96 valence electrons. The lowest BCUT2D eigenvalue weighted by molar-refractivity contribution is 0.416. The van der Waals surface area contributed by atoms with E-state index in [0.717, 1.165) is 16.8 Å². The fourth-order valence-corrected chi connectivity index (χ4v) is 2.02. The molecule has 1 aromatic carbocycles. The van der Waals surface area contributed by atoms with E-state index in [1.54, 1.807) is 7.05 Å². The second-order valence-corrected chi connectivity index (χ2v) is 5.75. The molecule has 0 aliphatic heterocycles. The quantitative estimate of drug-likeness (QED) is 0.835. The van der Waals surface area contributed by atoms with Crippen LogP contribution in [0, 0.1) is 6.92 Å². The van der Waals surface area contributed by atoms with Crippen LogP contribution in [0.4, 0.5) is 0 Å². The molecule has 2 aromatic rings. The molecular formula is C15H20N2O. The van der Waals surface area contributed by atoms with Crippen molar-refractivity contribution in [2.75, 3.05) is 0 Å². The Morgan fingerprint density at radius 2 is 1.67 bits per heavy atom. The minimum Gasteiger partial charge on any atom is -0.493 e. The molecule has 0 aliphatic rings. The molecule has 0 fully saturated rings. The van der Waals surface area contributed by atoms with E-state index in [4.69, 9.17) is 0 Å². The number of aryl methyl sites for hydroxylation is 1. The molecule has 3 nitrogen and oxygen atoms in total. The van der Waals surface area contributed by atoms with E-state index in [9.17, 15) is 5.11 Å². The standard InChI is InChI=1S/C15H20N2O/c1-10-13(16-17(5)14(10)18)11-6-8-12(9-7-11)15(2,3)4/h6-9,18H,1-5H3. The van der Waals surface area contributed by atoms with Crippen LogP contribution >= 0.6 is 0 Å². The van der Waals surface area contributed by atoms with E-state index in [0.29, 0.717) is 0 Å². The topological polar surface area (TPSA) is 38.0 Å². The summed E-state index contributed by atoms with van der Waals surface area (Å²) in [7, 11) is 1.75. The normalized spacial score (nSPS) is 11.8. The Morgan fingerprint density at radius 3 is 2.06 bits per heavy atom. The minimum absolute atomic E-state index is 0.153. The van der Waals surface area contributed by atoms with Gasteiger partial charge >= 0.3 is 0 Å². The summed E-state index contributed by atoms with van der Waals surface area (Å²) in [5, 5.41) is 14.1. The van der Waals surface area contributed by atoms with Crippen LogP contribution in [0.15, 0.2) is 24.3 Å². The molecule has 1 heterocycles. The van der Waals surface area contributed by atoms with E-state index >= 15 is 0 Å². The van der Waals surface area contributed by atoms with Gasteiger partial charge in [-0.1, -0.05) is 45.0 Å². The first kappa shape index (κ1) is 12.7. The van der Waals surface area contributed by atoms with Crippen LogP contribution in [0.3, 0.4) is 0 Å². The molecule has 0 spiro atoms. The lowest BCUT2D eigenvalue weighted by Crippen LogP contribution is -2.10.